The first-order valence-corrected chi connectivity index (χ1v) is 5.11. The van der Waals surface area contributed by atoms with Crippen LogP contribution in [0.4, 0.5) is 5.82 Å². The highest BCUT2D eigenvalue weighted by molar-refractivity contribution is 5.60. The molecule has 4 heteroatoms. The zero-order valence-corrected chi connectivity index (χ0v) is 9.47. The minimum absolute atomic E-state index is 0.410. The Labute approximate surface area is 94.6 Å². The predicted octanol–water partition coefficient (Wildman–Crippen LogP) is 1.99. The molecule has 2 rings (SSSR count). The van der Waals surface area contributed by atoms with Crippen molar-refractivity contribution in [3.05, 3.63) is 35.9 Å². The number of hydrogen-bond donors (Lipinski definition) is 1. The highest BCUT2D eigenvalue weighted by Crippen LogP contribution is 2.21. The second-order valence-electron chi connectivity index (χ2n) is 4.05. The fraction of sp³-hybridized carbons (Fsp3) is 0.250. The lowest BCUT2D eigenvalue weighted by Crippen LogP contribution is -2.10. The van der Waals surface area contributed by atoms with Gasteiger partial charge in [0, 0.05) is 18.2 Å². The van der Waals surface area contributed by atoms with Crippen LogP contribution in [-0.2, 0) is 6.54 Å². The van der Waals surface area contributed by atoms with E-state index < -0.39 is 0 Å². The molecule has 0 atom stereocenters. The lowest BCUT2D eigenvalue weighted by Gasteiger charge is -2.09. The van der Waals surface area contributed by atoms with Gasteiger partial charge in [0.25, 0.3) is 0 Å². The molecule has 0 spiro atoms. The number of hydrogen-bond acceptors (Lipinski definition) is 4. The summed E-state index contributed by atoms with van der Waals surface area (Å²) in [6.07, 6.45) is 0. The summed E-state index contributed by atoms with van der Waals surface area (Å²) in [7, 11) is 4.09. The van der Waals surface area contributed by atoms with E-state index in [1.54, 1.807) is 6.07 Å². The van der Waals surface area contributed by atoms with Gasteiger partial charge in [0.2, 0.25) is 0 Å². The van der Waals surface area contributed by atoms with E-state index in [2.05, 4.69) is 22.2 Å². The normalized spacial score (nSPS) is 10.9. The van der Waals surface area contributed by atoms with E-state index >= 15 is 0 Å². The standard InChI is InChI=1S/C12H15N3O/c1-15(2)8-9-3-5-10(6-4-9)11-7-12(13)14-16-11/h3-7H,8H2,1-2H3,(H2,13,14). The topological polar surface area (TPSA) is 55.3 Å². The van der Waals surface area contributed by atoms with Crippen LogP contribution >= 0.6 is 0 Å². The molecule has 4 nitrogen and oxygen atoms in total. The molecule has 1 aromatic heterocycles. The van der Waals surface area contributed by atoms with E-state index in [0.29, 0.717) is 11.6 Å². The maximum absolute atomic E-state index is 5.50. The molecule has 1 aromatic carbocycles. The zero-order valence-electron chi connectivity index (χ0n) is 9.47. The van der Waals surface area contributed by atoms with Crippen molar-refractivity contribution in [2.45, 2.75) is 6.54 Å². The average molecular weight is 217 g/mol. The summed E-state index contributed by atoms with van der Waals surface area (Å²) in [5, 5.41) is 3.66. The van der Waals surface area contributed by atoms with Gasteiger partial charge in [-0.1, -0.05) is 29.4 Å². The predicted molar refractivity (Wildman–Crippen MR) is 63.7 cm³/mol. The van der Waals surface area contributed by atoms with Crippen LogP contribution < -0.4 is 5.73 Å². The maximum Gasteiger partial charge on any atom is 0.169 e. The van der Waals surface area contributed by atoms with E-state index in [0.717, 1.165) is 12.1 Å². The number of benzene rings is 1. The minimum Gasteiger partial charge on any atom is -0.381 e. The number of rotatable bonds is 3. The van der Waals surface area contributed by atoms with Crippen LogP contribution in [0.15, 0.2) is 34.9 Å². The molecule has 0 amide bonds. The van der Waals surface area contributed by atoms with Crippen molar-refractivity contribution in [2.24, 2.45) is 0 Å². The molecule has 0 aliphatic carbocycles. The summed E-state index contributed by atoms with van der Waals surface area (Å²) in [6, 6.07) is 9.90. The van der Waals surface area contributed by atoms with Gasteiger partial charge in [-0.05, 0) is 19.7 Å². The number of anilines is 1. The molecule has 0 aliphatic rings. The van der Waals surface area contributed by atoms with Crippen LogP contribution in [0.1, 0.15) is 5.56 Å². The quantitative estimate of drug-likeness (QED) is 0.854. The largest absolute Gasteiger partial charge is 0.381 e. The van der Waals surface area contributed by atoms with E-state index in [-0.39, 0.29) is 0 Å². The second kappa shape index (κ2) is 4.37. The van der Waals surface area contributed by atoms with Crippen molar-refractivity contribution in [3.8, 4) is 11.3 Å². The fourth-order valence-electron chi connectivity index (χ4n) is 1.56. The summed E-state index contributed by atoms with van der Waals surface area (Å²) in [5.74, 6) is 1.11. The Balaban J connectivity index is 2.19. The fourth-order valence-corrected chi connectivity index (χ4v) is 1.56. The SMILES string of the molecule is CN(C)Cc1ccc(-c2cc(N)no2)cc1. The van der Waals surface area contributed by atoms with Gasteiger partial charge in [-0.2, -0.15) is 0 Å². The third kappa shape index (κ3) is 2.41. The van der Waals surface area contributed by atoms with Gasteiger partial charge in [-0.3, -0.25) is 0 Å². The molecular formula is C12H15N3O. The minimum atomic E-state index is 0.410. The Morgan fingerprint density at radius 3 is 2.44 bits per heavy atom. The van der Waals surface area contributed by atoms with Crippen LogP contribution in [0.3, 0.4) is 0 Å². The van der Waals surface area contributed by atoms with Gasteiger partial charge in [0.15, 0.2) is 11.6 Å². The van der Waals surface area contributed by atoms with Crippen LogP contribution in [0, 0.1) is 0 Å². The Morgan fingerprint density at radius 1 is 1.25 bits per heavy atom. The number of nitrogen functional groups attached to an aromatic ring is 1. The van der Waals surface area contributed by atoms with Crippen molar-refractivity contribution in [1.82, 2.24) is 10.1 Å². The van der Waals surface area contributed by atoms with Gasteiger partial charge in [0.05, 0.1) is 0 Å². The molecule has 0 aliphatic heterocycles. The zero-order chi connectivity index (χ0) is 11.5. The molecule has 2 aromatic rings. The second-order valence-corrected chi connectivity index (χ2v) is 4.05. The molecule has 0 saturated heterocycles. The van der Waals surface area contributed by atoms with Gasteiger partial charge in [-0.15, -0.1) is 0 Å². The molecule has 0 saturated carbocycles. The van der Waals surface area contributed by atoms with Gasteiger partial charge >= 0.3 is 0 Å². The first-order chi connectivity index (χ1) is 7.65. The van der Waals surface area contributed by atoms with Crippen LogP contribution in [0.25, 0.3) is 11.3 Å². The highest BCUT2D eigenvalue weighted by atomic mass is 16.5. The highest BCUT2D eigenvalue weighted by Gasteiger charge is 2.04. The van der Waals surface area contributed by atoms with E-state index in [9.17, 15) is 0 Å². The van der Waals surface area contributed by atoms with Crippen molar-refractivity contribution < 1.29 is 4.52 Å². The lowest BCUT2D eigenvalue weighted by molar-refractivity contribution is 0.402. The van der Waals surface area contributed by atoms with E-state index in [4.69, 9.17) is 10.3 Å². The molecule has 0 radical (unpaired) electrons. The van der Waals surface area contributed by atoms with Gasteiger partial charge in [-0.25, -0.2) is 0 Å². The van der Waals surface area contributed by atoms with Crippen LogP contribution in [0.2, 0.25) is 0 Å². The van der Waals surface area contributed by atoms with Crippen LogP contribution in [-0.4, -0.2) is 24.2 Å². The third-order valence-electron chi connectivity index (χ3n) is 2.27. The summed E-state index contributed by atoms with van der Waals surface area (Å²) < 4.78 is 5.09. The molecule has 84 valence electrons. The smallest absolute Gasteiger partial charge is 0.169 e. The summed E-state index contributed by atoms with van der Waals surface area (Å²) in [5.41, 5.74) is 7.76. The van der Waals surface area contributed by atoms with Gasteiger partial charge < -0.3 is 15.2 Å². The first-order valence-electron chi connectivity index (χ1n) is 5.11. The van der Waals surface area contributed by atoms with Crippen LogP contribution in [0.5, 0.6) is 0 Å². The Kier molecular flexibility index (Phi) is 2.92. The van der Waals surface area contributed by atoms with Crippen molar-refractivity contribution in [3.63, 3.8) is 0 Å². The number of nitrogens with two attached hydrogens (primary N) is 1. The Morgan fingerprint density at radius 2 is 1.94 bits per heavy atom. The molecule has 2 N–H and O–H groups in total. The molecule has 16 heavy (non-hydrogen) atoms. The molecule has 1 heterocycles. The number of aromatic nitrogens is 1. The lowest BCUT2D eigenvalue weighted by atomic mass is 10.1. The molecular weight excluding hydrogens is 202 g/mol. The molecule has 0 fully saturated rings. The summed E-state index contributed by atoms with van der Waals surface area (Å²) in [6.45, 7) is 0.929. The Hall–Kier alpha value is -1.81. The monoisotopic (exact) mass is 217 g/mol. The molecule has 0 unspecified atom stereocenters. The third-order valence-corrected chi connectivity index (χ3v) is 2.27. The summed E-state index contributed by atoms with van der Waals surface area (Å²) >= 11 is 0. The van der Waals surface area contributed by atoms with Crippen molar-refractivity contribution in [2.75, 3.05) is 19.8 Å². The maximum atomic E-state index is 5.50. The average Bonchev–Trinajstić information content (AvgIpc) is 2.65. The van der Waals surface area contributed by atoms with Gasteiger partial charge in [0.1, 0.15) is 0 Å². The van der Waals surface area contributed by atoms with E-state index in [1.165, 1.54) is 5.56 Å². The van der Waals surface area contributed by atoms with Crippen molar-refractivity contribution in [1.29, 1.82) is 0 Å². The van der Waals surface area contributed by atoms with E-state index in [1.807, 2.05) is 26.2 Å². The Bertz CT molecular complexity index is 459. The summed E-state index contributed by atoms with van der Waals surface area (Å²) in [4.78, 5) is 2.13. The number of nitrogens with zero attached hydrogens (tertiary/aromatic N) is 2. The first kappa shape index (κ1) is 10.7. The molecule has 0 bridgehead atoms. The van der Waals surface area contributed by atoms with Crippen molar-refractivity contribution >= 4 is 5.82 Å².